The molecule has 0 bridgehead atoms. The van der Waals surface area contributed by atoms with Gasteiger partial charge in [-0.2, -0.15) is 0 Å². The van der Waals surface area contributed by atoms with Crippen molar-refractivity contribution in [3.8, 4) is 0 Å². The molecule has 0 aliphatic carbocycles. The topological polar surface area (TPSA) is 66.4 Å². The van der Waals surface area contributed by atoms with Crippen LogP contribution in [0.25, 0.3) is 0 Å². The maximum Gasteiger partial charge on any atom is 0.329 e. The van der Waals surface area contributed by atoms with E-state index in [0.29, 0.717) is 31.2 Å². The fourth-order valence-corrected chi connectivity index (χ4v) is 2.32. The molecule has 2 atom stereocenters. The molecule has 0 radical (unpaired) electrons. The number of hydrogen-bond donors (Lipinski definition) is 2. The quantitative estimate of drug-likeness (QED) is 0.775. The lowest BCUT2D eigenvalue weighted by Gasteiger charge is -2.27. The van der Waals surface area contributed by atoms with E-state index in [1.165, 1.54) is 13.0 Å². The summed E-state index contributed by atoms with van der Waals surface area (Å²) >= 11 is 0. The lowest BCUT2D eigenvalue weighted by molar-refractivity contribution is -0.147. The van der Waals surface area contributed by atoms with Gasteiger partial charge in [-0.1, -0.05) is 38.5 Å². The lowest BCUT2D eigenvalue weighted by Crippen LogP contribution is -2.53. The summed E-state index contributed by atoms with van der Waals surface area (Å²) < 4.78 is 13.5. The van der Waals surface area contributed by atoms with E-state index in [9.17, 15) is 19.1 Å². The van der Waals surface area contributed by atoms with Crippen molar-refractivity contribution in [1.29, 1.82) is 0 Å². The second-order valence-electron chi connectivity index (χ2n) is 5.91. The first kappa shape index (κ1) is 18.1. The molecule has 0 heterocycles. The number of aryl methyl sites for hydroxylation is 1. The van der Waals surface area contributed by atoms with Gasteiger partial charge in [0.15, 0.2) is 0 Å². The van der Waals surface area contributed by atoms with Gasteiger partial charge >= 0.3 is 5.97 Å². The normalized spacial score (nSPS) is 14.9. The molecule has 22 heavy (non-hydrogen) atoms. The number of carbonyl (C=O) groups excluding carboxylic acids is 1. The van der Waals surface area contributed by atoms with Crippen LogP contribution < -0.4 is 5.32 Å². The van der Waals surface area contributed by atoms with E-state index < -0.39 is 11.5 Å². The van der Waals surface area contributed by atoms with Gasteiger partial charge in [-0.05, 0) is 37.8 Å². The Bertz CT molecular complexity index is 532. The van der Waals surface area contributed by atoms with Crippen molar-refractivity contribution in [3.05, 3.63) is 35.6 Å². The Morgan fingerprint density at radius 1 is 1.36 bits per heavy atom. The number of carboxylic acid groups (broad SMARTS) is 1. The molecule has 0 aromatic heterocycles. The number of carbonyl (C=O) groups is 2. The first-order valence-electron chi connectivity index (χ1n) is 7.59. The number of rotatable bonds is 8. The summed E-state index contributed by atoms with van der Waals surface area (Å²) in [6.45, 7) is 5.11. The fourth-order valence-electron chi connectivity index (χ4n) is 2.32. The van der Waals surface area contributed by atoms with E-state index in [1.54, 1.807) is 25.1 Å². The van der Waals surface area contributed by atoms with Crippen LogP contribution >= 0.6 is 0 Å². The van der Waals surface area contributed by atoms with E-state index in [1.807, 2.05) is 6.92 Å². The molecule has 0 fully saturated rings. The molecule has 0 saturated carbocycles. The summed E-state index contributed by atoms with van der Waals surface area (Å²) in [5.41, 5.74) is -0.686. The highest BCUT2D eigenvalue weighted by atomic mass is 19.1. The smallest absolute Gasteiger partial charge is 0.329 e. The maximum atomic E-state index is 13.5. The van der Waals surface area contributed by atoms with Gasteiger partial charge in [0.05, 0.1) is 0 Å². The van der Waals surface area contributed by atoms with Gasteiger partial charge in [0, 0.05) is 5.92 Å². The Kier molecular flexibility index (Phi) is 6.53. The van der Waals surface area contributed by atoms with Crippen molar-refractivity contribution in [1.82, 2.24) is 5.32 Å². The summed E-state index contributed by atoms with van der Waals surface area (Å²) in [7, 11) is 0. The second kappa shape index (κ2) is 7.92. The Balaban J connectivity index is 2.61. The molecule has 0 spiro atoms. The van der Waals surface area contributed by atoms with E-state index in [4.69, 9.17) is 0 Å². The second-order valence-corrected chi connectivity index (χ2v) is 5.91. The molecule has 0 saturated heterocycles. The average molecular weight is 309 g/mol. The Morgan fingerprint density at radius 2 is 2.00 bits per heavy atom. The van der Waals surface area contributed by atoms with Crippen molar-refractivity contribution in [3.63, 3.8) is 0 Å². The van der Waals surface area contributed by atoms with Crippen LogP contribution in [0.2, 0.25) is 0 Å². The summed E-state index contributed by atoms with van der Waals surface area (Å²) in [5, 5.41) is 11.9. The van der Waals surface area contributed by atoms with E-state index >= 15 is 0 Å². The number of aliphatic carboxylic acids is 1. The highest BCUT2D eigenvalue weighted by Crippen LogP contribution is 2.17. The molecule has 0 aliphatic heterocycles. The monoisotopic (exact) mass is 309 g/mol. The molecule has 1 amide bonds. The van der Waals surface area contributed by atoms with Gasteiger partial charge in [-0.15, -0.1) is 0 Å². The minimum atomic E-state index is -1.25. The third kappa shape index (κ3) is 4.83. The molecular formula is C17H24FNO3. The molecule has 2 N–H and O–H groups in total. The number of hydrogen-bond acceptors (Lipinski definition) is 2. The fraction of sp³-hybridized carbons (Fsp3) is 0.529. The van der Waals surface area contributed by atoms with E-state index in [0.717, 1.165) is 0 Å². The predicted molar refractivity (Wildman–Crippen MR) is 83.0 cm³/mol. The number of benzene rings is 1. The van der Waals surface area contributed by atoms with E-state index in [-0.39, 0.29) is 17.6 Å². The summed E-state index contributed by atoms with van der Waals surface area (Å²) in [5.74, 6) is -2.01. The van der Waals surface area contributed by atoms with E-state index in [2.05, 4.69) is 5.32 Å². The molecule has 1 aromatic carbocycles. The van der Waals surface area contributed by atoms with Gasteiger partial charge in [0.1, 0.15) is 11.4 Å². The van der Waals surface area contributed by atoms with Crippen molar-refractivity contribution in [2.24, 2.45) is 5.92 Å². The Morgan fingerprint density at radius 3 is 2.55 bits per heavy atom. The van der Waals surface area contributed by atoms with Crippen LogP contribution in [0, 0.1) is 11.7 Å². The van der Waals surface area contributed by atoms with Crippen LogP contribution in [-0.2, 0) is 16.0 Å². The summed E-state index contributed by atoms with van der Waals surface area (Å²) in [6, 6.07) is 6.46. The molecule has 2 unspecified atom stereocenters. The van der Waals surface area contributed by atoms with Gasteiger partial charge < -0.3 is 10.4 Å². The molecule has 4 nitrogen and oxygen atoms in total. The van der Waals surface area contributed by atoms with Crippen molar-refractivity contribution < 1.29 is 19.1 Å². The summed E-state index contributed by atoms with van der Waals surface area (Å²) in [6.07, 6.45) is 1.94. The first-order valence-corrected chi connectivity index (χ1v) is 7.59. The SMILES string of the molecule is CCCC(C)(NC(=O)C(C)CCc1ccccc1F)C(=O)O. The standard InChI is InChI=1S/C17H24FNO3/c1-4-11-17(3,16(21)22)19-15(20)12(2)9-10-13-7-5-6-8-14(13)18/h5-8,12H,4,9-11H2,1-3H3,(H,19,20)(H,21,22). The number of halogens is 1. The Labute approximate surface area is 130 Å². The molecule has 1 rings (SSSR count). The highest BCUT2D eigenvalue weighted by molar-refractivity contribution is 5.87. The lowest BCUT2D eigenvalue weighted by atomic mass is 9.93. The first-order chi connectivity index (χ1) is 10.3. The third-order valence-electron chi connectivity index (χ3n) is 3.87. The summed E-state index contributed by atoms with van der Waals surface area (Å²) in [4.78, 5) is 23.5. The van der Waals surface area contributed by atoms with Gasteiger partial charge in [-0.25, -0.2) is 9.18 Å². The van der Waals surface area contributed by atoms with Crippen molar-refractivity contribution >= 4 is 11.9 Å². The van der Waals surface area contributed by atoms with Crippen molar-refractivity contribution in [2.75, 3.05) is 0 Å². The Hall–Kier alpha value is -1.91. The van der Waals surface area contributed by atoms with Crippen LogP contribution in [0.1, 0.15) is 45.6 Å². The van der Waals surface area contributed by atoms with Crippen LogP contribution in [0.3, 0.4) is 0 Å². The zero-order valence-corrected chi connectivity index (χ0v) is 13.4. The molecule has 122 valence electrons. The minimum Gasteiger partial charge on any atom is -0.480 e. The van der Waals surface area contributed by atoms with Gasteiger partial charge in [0.2, 0.25) is 5.91 Å². The van der Waals surface area contributed by atoms with Crippen LogP contribution in [0.4, 0.5) is 4.39 Å². The number of carboxylic acids is 1. The minimum absolute atomic E-state index is 0.281. The van der Waals surface area contributed by atoms with Gasteiger partial charge in [0.25, 0.3) is 0 Å². The number of amides is 1. The van der Waals surface area contributed by atoms with Crippen molar-refractivity contribution in [2.45, 2.75) is 52.0 Å². The zero-order valence-electron chi connectivity index (χ0n) is 13.4. The number of nitrogens with one attached hydrogen (secondary N) is 1. The molecule has 5 heteroatoms. The predicted octanol–water partition coefficient (Wildman–Crippen LogP) is 3.15. The van der Waals surface area contributed by atoms with Crippen LogP contribution in [0.15, 0.2) is 24.3 Å². The molecule has 0 aliphatic rings. The zero-order chi connectivity index (χ0) is 16.8. The third-order valence-corrected chi connectivity index (χ3v) is 3.87. The van der Waals surface area contributed by atoms with Crippen LogP contribution in [-0.4, -0.2) is 22.5 Å². The van der Waals surface area contributed by atoms with Crippen LogP contribution in [0.5, 0.6) is 0 Å². The average Bonchev–Trinajstić information content (AvgIpc) is 2.46. The highest BCUT2D eigenvalue weighted by Gasteiger charge is 2.34. The molecular weight excluding hydrogens is 285 g/mol. The van der Waals surface area contributed by atoms with Gasteiger partial charge in [-0.3, -0.25) is 4.79 Å². The maximum absolute atomic E-state index is 13.5. The molecule has 1 aromatic rings. The largest absolute Gasteiger partial charge is 0.480 e.